The first kappa shape index (κ1) is 23.9. The Balaban J connectivity index is 0.999. The zero-order chi connectivity index (χ0) is 25.2. The number of fused-ring (bicyclic) bond motifs is 1. The smallest absolute Gasteiger partial charge is 0.410 e. The van der Waals surface area contributed by atoms with Crippen LogP contribution in [0.4, 0.5) is 4.79 Å². The molecule has 4 aromatic rings. The molecular weight excluding hydrogens is 534 g/mol. The molecular formula is C28H28BrN5O3. The molecule has 2 aromatic heterocycles. The number of amides is 1. The zero-order valence-electron chi connectivity index (χ0n) is 20.4. The summed E-state index contributed by atoms with van der Waals surface area (Å²) in [5, 5.41) is 4.32. The van der Waals surface area contributed by atoms with Crippen molar-refractivity contribution in [2.24, 2.45) is 0 Å². The van der Waals surface area contributed by atoms with Crippen LogP contribution in [0, 0.1) is 0 Å². The largest absolute Gasteiger partial charge is 0.486 e. The van der Waals surface area contributed by atoms with Crippen molar-refractivity contribution in [2.45, 2.75) is 25.0 Å². The molecule has 1 aliphatic heterocycles. The van der Waals surface area contributed by atoms with Gasteiger partial charge in [-0.25, -0.2) is 14.3 Å². The van der Waals surface area contributed by atoms with Gasteiger partial charge in [0.25, 0.3) is 0 Å². The molecule has 37 heavy (non-hydrogen) atoms. The van der Waals surface area contributed by atoms with Crippen molar-refractivity contribution in [3.63, 3.8) is 0 Å². The fourth-order valence-electron chi connectivity index (χ4n) is 4.70. The zero-order valence-corrected chi connectivity index (χ0v) is 22.0. The molecule has 6 rings (SSSR count). The lowest BCUT2D eigenvalue weighted by Gasteiger charge is -2.36. The highest BCUT2D eigenvalue weighted by Crippen LogP contribution is 2.41. The quantitative estimate of drug-likeness (QED) is 0.315. The molecule has 1 saturated heterocycles. The van der Waals surface area contributed by atoms with Crippen molar-refractivity contribution >= 4 is 27.7 Å². The number of nitrogens with zero attached hydrogens (tertiary/aromatic N) is 5. The van der Waals surface area contributed by atoms with E-state index < -0.39 is 0 Å². The predicted octanol–water partition coefficient (Wildman–Crippen LogP) is 5.02. The van der Waals surface area contributed by atoms with Crippen molar-refractivity contribution in [3.8, 4) is 16.9 Å². The van der Waals surface area contributed by atoms with Crippen LogP contribution in [-0.4, -0.2) is 68.8 Å². The molecule has 2 fully saturated rings. The first-order valence-corrected chi connectivity index (χ1v) is 13.3. The number of hydrogen-bond donors (Lipinski definition) is 0. The minimum atomic E-state index is -0.240. The summed E-state index contributed by atoms with van der Waals surface area (Å²) in [4.78, 5) is 21.2. The third-order valence-electron chi connectivity index (χ3n) is 6.99. The maximum Gasteiger partial charge on any atom is 0.410 e. The van der Waals surface area contributed by atoms with Crippen LogP contribution in [0.25, 0.3) is 16.8 Å². The molecule has 0 N–H and O–H groups in total. The summed E-state index contributed by atoms with van der Waals surface area (Å²) in [7, 11) is 0. The number of piperazine rings is 1. The second-order valence-corrected chi connectivity index (χ2v) is 10.6. The molecule has 8 nitrogen and oxygen atoms in total. The summed E-state index contributed by atoms with van der Waals surface area (Å²) < 4.78 is 14.6. The molecule has 2 aromatic carbocycles. The third-order valence-corrected chi connectivity index (χ3v) is 7.55. The Hall–Kier alpha value is -3.43. The Bertz CT molecular complexity index is 1380. The Labute approximate surface area is 223 Å². The number of aromatic nitrogens is 3. The van der Waals surface area contributed by atoms with Gasteiger partial charge in [-0.1, -0.05) is 42.5 Å². The average Bonchev–Trinajstić information content (AvgIpc) is 3.59. The van der Waals surface area contributed by atoms with E-state index >= 15 is 0 Å². The van der Waals surface area contributed by atoms with Gasteiger partial charge in [0, 0.05) is 50.7 Å². The molecule has 0 unspecified atom stereocenters. The van der Waals surface area contributed by atoms with E-state index in [1.165, 1.54) is 0 Å². The Kier molecular flexibility index (Phi) is 6.56. The second kappa shape index (κ2) is 10.1. The highest BCUT2D eigenvalue weighted by atomic mass is 79.9. The van der Waals surface area contributed by atoms with Crippen LogP contribution in [0.15, 0.2) is 77.7 Å². The fourth-order valence-corrected chi connectivity index (χ4v) is 5.07. The Morgan fingerprint density at radius 2 is 1.70 bits per heavy atom. The highest BCUT2D eigenvalue weighted by molar-refractivity contribution is 9.10. The van der Waals surface area contributed by atoms with Gasteiger partial charge in [-0.15, -0.1) is 0 Å². The van der Waals surface area contributed by atoms with Crippen LogP contribution >= 0.6 is 15.9 Å². The van der Waals surface area contributed by atoms with E-state index in [4.69, 9.17) is 9.47 Å². The summed E-state index contributed by atoms with van der Waals surface area (Å²) in [6, 6.07) is 18.0. The van der Waals surface area contributed by atoms with Gasteiger partial charge < -0.3 is 14.4 Å². The summed E-state index contributed by atoms with van der Waals surface area (Å²) >= 11 is 3.46. The maximum absolute atomic E-state index is 12.5. The topological polar surface area (TPSA) is 72.2 Å². The standard InChI is InChI=1S/C28H28BrN5O3/c29-25-17-31-34-18-23(16-30-26(25)34)22-6-8-24(9-7-22)37-28(10-11-28)20-32-12-14-33(15-13-32)27(35)36-19-21-4-2-1-3-5-21/h1-9,16-18H,10-15,19-20H2. The number of rotatable bonds is 7. The third kappa shape index (κ3) is 5.47. The molecule has 2 aliphatic rings. The molecule has 3 heterocycles. The van der Waals surface area contributed by atoms with Gasteiger partial charge in [-0.2, -0.15) is 5.10 Å². The van der Waals surface area contributed by atoms with E-state index in [1.54, 1.807) is 15.6 Å². The van der Waals surface area contributed by atoms with E-state index in [0.29, 0.717) is 19.7 Å². The van der Waals surface area contributed by atoms with Crippen LogP contribution in [0.3, 0.4) is 0 Å². The lowest BCUT2D eigenvalue weighted by Crippen LogP contribution is -2.51. The van der Waals surface area contributed by atoms with Crippen LogP contribution < -0.4 is 4.74 Å². The van der Waals surface area contributed by atoms with Crippen molar-refractivity contribution in [3.05, 3.63) is 83.2 Å². The lowest BCUT2D eigenvalue weighted by molar-refractivity contribution is 0.0531. The van der Waals surface area contributed by atoms with E-state index in [2.05, 4.69) is 43.0 Å². The van der Waals surface area contributed by atoms with Gasteiger partial charge in [0.2, 0.25) is 0 Å². The minimum absolute atomic E-state index is 0.140. The van der Waals surface area contributed by atoms with Gasteiger partial charge in [0.05, 0.1) is 10.7 Å². The van der Waals surface area contributed by atoms with Gasteiger partial charge in [-0.3, -0.25) is 4.90 Å². The van der Waals surface area contributed by atoms with Crippen molar-refractivity contribution in [1.29, 1.82) is 0 Å². The van der Waals surface area contributed by atoms with E-state index in [1.807, 2.05) is 54.9 Å². The predicted molar refractivity (Wildman–Crippen MR) is 143 cm³/mol. The Morgan fingerprint density at radius 3 is 2.43 bits per heavy atom. The molecule has 0 atom stereocenters. The Morgan fingerprint density at radius 1 is 0.946 bits per heavy atom. The molecule has 0 spiro atoms. The number of halogens is 1. The summed E-state index contributed by atoms with van der Waals surface area (Å²) in [5.74, 6) is 0.875. The normalized spacial score (nSPS) is 17.1. The van der Waals surface area contributed by atoms with Crippen molar-refractivity contribution in [1.82, 2.24) is 24.4 Å². The number of hydrogen-bond acceptors (Lipinski definition) is 6. The monoisotopic (exact) mass is 561 g/mol. The van der Waals surface area contributed by atoms with Crippen LogP contribution in [0.1, 0.15) is 18.4 Å². The van der Waals surface area contributed by atoms with Crippen molar-refractivity contribution < 1.29 is 14.3 Å². The highest BCUT2D eigenvalue weighted by Gasteiger charge is 2.47. The molecule has 1 amide bonds. The van der Waals surface area contributed by atoms with Crippen LogP contribution in [-0.2, 0) is 11.3 Å². The fraction of sp³-hybridized carbons (Fsp3) is 0.321. The number of carbonyl (C=O) groups excluding carboxylic acids is 1. The molecule has 1 aliphatic carbocycles. The van der Waals surface area contributed by atoms with Gasteiger partial charge in [0.1, 0.15) is 18.0 Å². The molecule has 0 radical (unpaired) electrons. The van der Waals surface area contributed by atoms with E-state index in [-0.39, 0.29) is 11.7 Å². The number of carbonyl (C=O) groups is 1. The minimum Gasteiger partial charge on any atom is -0.486 e. The van der Waals surface area contributed by atoms with Crippen molar-refractivity contribution in [2.75, 3.05) is 32.7 Å². The van der Waals surface area contributed by atoms with Crippen LogP contribution in [0.2, 0.25) is 0 Å². The summed E-state index contributed by atoms with van der Waals surface area (Å²) in [6.45, 7) is 4.17. The number of benzene rings is 2. The second-order valence-electron chi connectivity index (χ2n) is 9.72. The van der Waals surface area contributed by atoms with E-state index in [0.717, 1.165) is 65.0 Å². The maximum atomic E-state index is 12.5. The number of ether oxygens (including phenoxy) is 2. The lowest BCUT2D eigenvalue weighted by atomic mass is 10.1. The molecule has 0 bridgehead atoms. The molecule has 1 saturated carbocycles. The van der Waals surface area contributed by atoms with Gasteiger partial charge in [-0.05, 0) is 52.0 Å². The van der Waals surface area contributed by atoms with Gasteiger partial charge >= 0.3 is 6.09 Å². The first-order valence-electron chi connectivity index (χ1n) is 12.5. The SMILES string of the molecule is O=C(OCc1ccccc1)N1CCN(CC2(Oc3ccc(-c4cnc5c(Br)cnn5c4)cc3)CC2)CC1. The van der Waals surface area contributed by atoms with E-state index in [9.17, 15) is 4.79 Å². The summed E-state index contributed by atoms with van der Waals surface area (Å²) in [6.07, 6.45) is 7.43. The summed E-state index contributed by atoms with van der Waals surface area (Å²) in [5.41, 5.74) is 3.72. The molecule has 9 heteroatoms. The van der Waals surface area contributed by atoms with Crippen LogP contribution in [0.5, 0.6) is 5.75 Å². The first-order chi connectivity index (χ1) is 18.1. The average molecular weight is 562 g/mol. The van der Waals surface area contributed by atoms with Gasteiger partial charge in [0.15, 0.2) is 5.65 Å². The molecule has 190 valence electrons.